The summed E-state index contributed by atoms with van der Waals surface area (Å²) >= 11 is 0. The third kappa shape index (κ3) is 78.5. The van der Waals surface area contributed by atoms with E-state index in [9.17, 15) is 43.2 Å². The zero-order valence-corrected chi connectivity index (χ0v) is 70.8. The molecule has 0 aromatic rings. The van der Waals surface area contributed by atoms with Crippen LogP contribution in [0, 0.1) is 11.8 Å². The molecule has 3 unspecified atom stereocenters. The third-order valence-electron chi connectivity index (χ3n) is 20.6. The molecule has 0 aliphatic rings. The van der Waals surface area contributed by atoms with Gasteiger partial charge in [0, 0.05) is 25.7 Å². The van der Waals surface area contributed by atoms with E-state index in [4.69, 9.17) is 37.0 Å². The van der Waals surface area contributed by atoms with E-state index >= 15 is 0 Å². The zero-order chi connectivity index (χ0) is 77.1. The van der Waals surface area contributed by atoms with Gasteiger partial charge < -0.3 is 33.8 Å². The van der Waals surface area contributed by atoms with Gasteiger partial charge in [-0.15, -0.1) is 0 Å². The number of carbonyl (C=O) groups excluding carboxylic acids is 4. The van der Waals surface area contributed by atoms with Crippen molar-refractivity contribution >= 4 is 39.5 Å². The lowest BCUT2D eigenvalue weighted by Gasteiger charge is -2.21. The molecule has 19 heteroatoms. The number of rotatable bonds is 85. The number of phosphoric ester groups is 2. The monoisotopic (exact) mass is 1540 g/mol. The number of hydrogen-bond donors (Lipinski definition) is 3. The van der Waals surface area contributed by atoms with Crippen molar-refractivity contribution in [3.63, 3.8) is 0 Å². The van der Waals surface area contributed by atoms with Gasteiger partial charge in [-0.05, 0) is 37.5 Å². The quantitative estimate of drug-likeness (QED) is 0.0222. The highest BCUT2D eigenvalue weighted by atomic mass is 31.2. The highest BCUT2D eigenvalue weighted by molar-refractivity contribution is 7.47. The number of aliphatic hydroxyl groups excluding tert-OH is 1. The van der Waals surface area contributed by atoms with Crippen LogP contribution in [-0.4, -0.2) is 96.7 Å². The zero-order valence-electron chi connectivity index (χ0n) is 69.0. The van der Waals surface area contributed by atoms with E-state index < -0.39 is 97.5 Å². The van der Waals surface area contributed by atoms with Gasteiger partial charge in [-0.1, -0.05) is 408 Å². The van der Waals surface area contributed by atoms with E-state index in [2.05, 4.69) is 41.5 Å². The lowest BCUT2D eigenvalue weighted by Crippen LogP contribution is -2.30. The summed E-state index contributed by atoms with van der Waals surface area (Å²) in [6, 6.07) is 0. The highest BCUT2D eigenvalue weighted by Gasteiger charge is 2.30. The molecule has 0 saturated heterocycles. The molecule has 0 saturated carbocycles. The Kier molecular flexibility index (Phi) is 76.0. The van der Waals surface area contributed by atoms with Crippen LogP contribution in [0.3, 0.4) is 0 Å². The summed E-state index contributed by atoms with van der Waals surface area (Å²) < 4.78 is 68.9. The first kappa shape index (κ1) is 103. The van der Waals surface area contributed by atoms with Crippen molar-refractivity contribution < 1.29 is 80.2 Å². The SMILES string of the molecule is CCCCCCCCCCCCCCCCCCCCCCCCC(=O)O[C@H](COC(=O)CCCCCCCCCCCCCCCCCCC)COP(=O)(O)OC[C@@H](O)COP(=O)(O)OC[C@@H](COC(=O)CCCCCCCCCCC(C)CC)OC(=O)CCCCCCCCCCCCCC(C)C. The molecule has 0 aromatic heterocycles. The molecule has 0 aliphatic heterocycles. The molecular weight excluding hydrogens is 1370 g/mol. The normalized spacial score (nSPS) is 14.1. The first-order valence-corrected chi connectivity index (χ1v) is 47.5. The fourth-order valence-corrected chi connectivity index (χ4v) is 15.0. The molecule has 0 amide bonds. The summed E-state index contributed by atoms with van der Waals surface area (Å²) in [6.07, 6.45) is 69.5. The third-order valence-corrected chi connectivity index (χ3v) is 22.5. The van der Waals surface area contributed by atoms with Gasteiger partial charge in [0.15, 0.2) is 12.2 Å². The molecule has 0 radical (unpaired) electrons. The minimum Gasteiger partial charge on any atom is -0.462 e. The molecule has 0 aliphatic carbocycles. The van der Waals surface area contributed by atoms with Crippen LogP contribution in [0.1, 0.15) is 459 Å². The Morgan fingerprint density at radius 3 is 0.724 bits per heavy atom. The van der Waals surface area contributed by atoms with Crippen LogP contribution in [0.2, 0.25) is 0 Å². The number of esters is 4. The molecule has 6 atom stereocenters. The summed E-state index contributed by atoms with van der Waals surface area (Å²) in [7, 11) is -9.93. The second-order valence-corrected chi connectivity index (χ2v) is 34.6. The van der Waals surface area contributed by atoms with E-state index in [1.165, 1.54) is 276 Å². The van der Waals surface area contributed by atoms with Gasteiger partial charge in [0.2, 0.25) is 0 Å². The molecule has 0 spiro atoms. The van der Waals surface area contributed by atoms with Gasteiger partial charge >= 0.3 is 39.5 Å². The summed E-state index contributed by atoms with van der Waals surface area (Å²) in [6.45, 7) is 9.67. The predicted octanol–water partition coefficient (Wildman–Crippen LogP) is 26.2. The van der Waals surface area contributed by atoms with Crippen LogP contribution in [0.15, 0.2) is 0 Å². The van der Waals surface area contributed by atoms with Crippen molar-refractivity contribution in [2.24, 2.45) is 11.8 Å². The number of carbonyl (C=O) groups is 4. The Labute approximate surface area is 645 Å². The standard InChI is InChI=1S/C86H168O17P2/c1-7-10-12-14-16-18-20-22-24-26-27-28-29-30-32-34-36-40-44-52-58-64-70-85(90)102-81(74-96-83(88)68-62-56-50-43-39-35-33-31-25-23-21-19-17-15-13-11-8-2)76-100-104(92,93)98-72-80(87)73-99-105(94,95)101-77-82(75-97-84(89)69-63-57-51-47-46-49-55-61-67-79(6)9-3)103-86(91)71-65-59-53-45-41-37-38-42-48-54-60-66-78(4)5/h78-82,87H,7-77H2,1-6H3,(H,92,93)(H,94,95)/t79?,80-,81-,82-/m1/s1. The van der Waals surface area contributed by atoms with Gasteiger partial charge in [-0.2, -0.15) is 0 Å². The van der Waals surface area contributed by atoms with Crippen molar-refractivity contribution in [2.45, 2.75) is 477 Å². The number of unbranched alkanes of at least 4 members (excludes halogenated alkanes) is 54. The largest absolute Gasteiger partial charge is 0.472 e. The molecule has 0 bridgehead atoms. The average Bonchev–Trinajstić information content (AvgIpc) is 0.912. The van der Waals surface area contributed by atoms with Gasteiger partial charge in [0.1, 0.15) is 19.3 Å². The summed E-state index contributed by atoms with van der Waals surface area (Å²) in [4.78, 5) is 73.2. The van der Waals surface area contributed by atoms with Crippen molar-refractivity contribution in [1.82, 2.24) is 0 Å². The summed E-state index contributed by atoms with van der Waals surface area (Å²) in [5.41, 5.74) is 0. The molecule has 624 valence electrons. The van der Waals surface area contributed by atoms with Gasteiger partial charge in [-0.25, -0.2) is 9.13 Å². The Balaban J connectivity index is 5.24. The van der Waals surface area contributed by atoms with E-state index in [-0.39, 0.29) is 25.7 Å². The number of aliphatic hydroxyl groups is 1. The Hall–Kier alpha value is -1.94. The molecule has 17 nitrogen and oxygen atoms in total. The van der Waals surface area contributed by atoms with Crippen LogP contribution >= 0.6 is 15.6 Å². The van der Waals surface area contributed by atoms with Gasteiger partial charge in [0.25, 0.3) is 0 Å². The number of phosphoric acid groups is 2. The van der Waals surface area contributed by atoms with E-state index in [1.54, 1.807) is 0 Å². The van der Waals surface area contributed by atoms with Gasteiger partial charge in [-0.3, -0.25) is 37.3 Å². The fraction of sp³-hybridized carbons (Fsp3) is 0.953. The Morgan fingerprint density at radius 2 is 0.486 bits per heavy atom. The summed E-state index contributed by atoms with van der Waals surface area (Å²) in [5, 5.41) is 10.7. The molecule has 0 fully saturated rings. The maximum Gasteiger partial charge on any atom is 0.472 e. The minimum absolute atomic E-state index is 0.106. The molecule has 0 heterocycles. The van der Waals surface area contributed by atoms with Crippen molar-refractivity contribution in [3.05, 3.63) is 0 Å². The molecule has 0 rings (SSSR count). The minimum atomic E-state index is -4.97. The van der Waals surface area contributed by atoms with Crippen LogP contribution in [0.5, 0.6) is 0 Å². The second kappa shape index (κ2) is 77.4. The molecule has 105 heavy (non-hydrogen) atoms. The first-order chi connectivity index (χ1) is 50.9. The van der Waals surface area contributed by atoms with E-state index in [0.717, 1.165) is 102 Å². The van der Waals surface area contributed by atoms with Crippen molar-refractivity contribution in [3.8, 4) is 0 Å². The lowest BCUT2D eigenvalue weighted by molar-refractivity contribution is -0.161. The Bertz CT molecular complexity index is 2010. The van der Waals surface area contributed by atoms with E-state index in [1.807, 2.05) is 0 Å². The highest BCUT2D eigenvalue weighted by Crippen LogP contribution is 2.45. The number of hydrogen-bond acceptors (Lipinski definition) is 15. The maximum absolute atomic E-state index is 13.1. The molecular formula is C86H168O17P2. The smallest absolute Gasteiger partial charge is 0.462 e. The second-order valence-electron chi connectivity index (χ2n) is 31.6. The number of ether oxygens (including phenoxy) is 4. The van der Waals surface area contributed by atoms with Crippen molar-refractivity contribution in [2.75, 3.05) is 39.6 Å². The Morgan fingerprint density at radius 1 is 0.276 bits per heavy atom. The van der Waals surface area contributed by atoms with Gasteiger partial charge in [0.05, 0.1) is 26.4 Å². The maximum atomic E-state index is 13.1. The van der Waals surface area contributed by atoms with Crippen LogP contribution in [-0.2, 0) is 65.4 Å². The molecule has 0 aromatic carbocycles. The first-order valence-electron chi connectivity index (χ1n) is 44.5. The average molecular weight is 1540 g/mol. The van der Waals surface area contributed by atoms with Crippen LogP contribution in [0.25, 0.3) is 0 Å². The summed E-state index contributed by atoms with van der Waals surface area (Å²) in [5.74, 6) is -0.561. The topological polar surface area (TPSA) is 237 Å². The molecule has 3 N–H and O–H groups in total. The van der Waals surface area contributed by atoms with Crippen LogP contribution < -0.4 is 0 Å². The van der Waals surface area contributed by atoms with E-state index in [0.29, 0.717) is 25.7 Å². The van der Waals surface area contributed by atoms with Crippen molar-refractivity contribution in [1.29, 1.82) is 0 Å². The van der Waals surface area contributed by atoms with Crippen LogP contribution in [0.4, 0.5) is 0 Å². The predicted molar refractivity (Wildman–Crippen MR) is 432 cm³/mol. The lowest BCUT2D eigenvalue weighted by atomic mass is 9.99. The fourth-order valence-electron chi connectivity index (χ4n) is 13.4.